The van der Waals surface area contributed by atoms with Crippen molar-refractivity contribution >= 4 is 11.7 Å². The minimum atomic E-state index is -0.707. The van der Waals surface area contributed by atoms with Crippen LogP contribution in [0, 0.1) is 16.7 Å². The van der Waals surface area contributed by atoms with E-state index in [1.807, 2.05) is 19.1 Å². The van der Waals surface area contributed by atoms with Crippen molar-refractivity contribution < 1.29 is 9.90 Å². The standard InChI is InChI=1S/C14H16N2O2/c1-14(13(17)18)6-8-16(9-7-14)12-4-2-11(10-15)3-5-12/h2-5H,6-9H2,1H3,(H,17,18). The fourth-order valence-electron chi connectivity index (χ4n) is 2.22. The van der Waals surface area contributed by atoms with Crippen molar-refractivity contribution in [2.75, 3.05) is 18.0 Å². The van der Waals surface area contributed by atoms with E-state index in [9.17, 15) is 4.79 Å². The summed E-state index contributed by atoms with van der Waals surface area (Å²) in [4.78, 5) is 13.3. The Morgan fingerprint density at radius 3 is 2.33 bits per heavy atom. The van der Waals surface area contributed by atoms with Gasteiger partial charge in [-0.15, -0.1) is 0 Å². The number of carboxylic acids is 1. The molecule has 0 bridgehead atoms. The molecule has 1 aliphatic rings. The lowest BCUT2D eigenvalue weighted by Crippen LogP contribution is -2.42. The van der Waals surface area contributed by atoms with Gasteiger partial charge in [-0.1, -0.05) is 0 Å². The van der Waals surface area contributed by atoms with Gasteiger partial charge in [-0.25, -0.2) is 0 Å². The Morgan fingerprint density at radius 2 is 1.89 bits per heavy atom. The molecule has 4 heteroatoms. The summed E-state index contributed by atoms with van der Waals surface area (Å²) >= 11 is 0. The average Bonchev–Trinajstić information content (AvgIpc) is 2.40. The van der Waals surface area contributed by atoms with Crippen LogP contribution >= 0.6 is 0 Å². The molecule has 1 saturated heterocycles. The van der Waals surface area contributed by atoms with E-state index in [-0.39, 0.29) is 0 Å². The molecule has 2 rings (SSSR count). The second-order valence-electron chi connectivity index (χ2n) is 5.01. The Balaban J connectivity index is 2.05. The fraction of sp³-hybridized carbons (Fsp3) is 0.429. The van der Waals surface area contributed by atoms with Crippen LogP contribution in [-0.4, -0.2) is 24.2 Å². The van der Waals surface area contributed by atoms with E-state index < -0.39 is 11.4 Å². The molecule has 0 amide bonds. The summed E-state index contributed by atoms with van der Waals surface area (Å²) in [5, 5.41) is 17.9. The van der Waals surface area contributed by atoms with E-state index in [4.69, 9.17) is 10.4 Å². The van der Waals surface area contributed by atoms with Gasteiger partial charge in [-0.3, -0.25) is 4.79 Å². The fourth-order valence-corrected chi connectivity index (χ4v) is 2.22. The molecule has 1 N–H and O–H groups in total. The molecule has 1 aromatic carbocycles. The molecule has 1 heterocycles. The highest BCUT2D eigenvalue weighted by Crippen LogP contribution is 2.33. The molecule has 0 unspecified atom stereocenters. The molecule has 0 atom stereocenters. The lowest BCUT2D eigenvalue weighted by Gasteiger charge is -2.37. The van der Waals surface area contributed by atoms with Crippen molar-refractivity contribution in [2.24, 2.45) is 5.41 Å². The summed E-state index contributed by atoms with van der Waals surface area (Å²) in [6, 6.07) is 9.51. The third-order valence-corrected chi connectivity index (χ3v) is 3.74. The van der Waals surface area contributed by atoms with Crippen LogP contribution in [0.4, 0.5) is 5.69 Å². The van der Waals surface area contributed by atoms with Gasteiger partial charge in [0, 0.05) is 18.8 Å². The van der Waals surface area contributed by atoms with Gasteiger partial charge < -0.3 is 10.0 Å². The lowest BCUT2D eigenvalue weighted by atomic mass is 9.80. The molecule has 18 heavy (non-hydrogen) atoms. The van der Waals surface area contributed by atoms with Gasteiger partial charge in [-0.05, 0) is 44.0 Å². The van der Waals surface area contributed by atoms with Crippen molar-refractivity contribution in [3.63, 3.8) is 0 Å². The summed E-state index contributed by atoms with van der Waals surface area (Å²) in [5.74, 6) is -0.707. The topological polar surface area (TPSA) is 64.3 Å². The van der Waals surface area contributed by atoms with Crippen molar-refractivity contribution in [3.8, 4) is 6.07 Å². The largest absolute Gasteiger partial charge is 0.481 e. The summed E-state index contributed by atoms with van der Waals surface area (Å²) in [6.45, 7) is 3.30. The number of carboxylic acid groups (broad SMARTS) is 1. The van der Waals surface area contributed by atoms with Crippen LogP contribution in [0.2, 0.25) is 0 Å². The first kappa shape index (κ1) is 12.4. The number of piperidine rings is 1. The molecule has 1 aromatic rings. The SMILES string of the molecule is CC1(C(=O)O)CCN(c2ccc(C#N)cc2)CC1. The van der Waals surface area contributed by atoms with E-state index in [2.05, 4.69) is 11.0 Å². The van der Waals surface area contributed by atoms with Crippen LogP contribution in [-0.2, 0) is 4.79 Å². The Kier molecular flexibility index (Phi) is 3.24. The minimum absolute atomic E-state index is 0.594. The Bertz CT molecular complexity index is 480. The Hall–Kier alpha value is -2.02. The van der Waals surface area contributed by atoms with Crippen LogP contribution < -0.4 is 4.90 Å². The number of nitrogens with zero attached hydrogens (tertiary/aromatic N) is 2. The highest BCUT2D eigenvalue weighted by Gasteiger charge is 2.36. The van der Waals surface area contributed by atoms with Crippen molar-refractivity contribution in [1.29, 1.82) is 5.26 Å². The van der Waals surface area contributed by atoms with Gasteiger partial charge in [0.2, 0.25) is 0 Å². The first-order chi connectivity index (χ1) is 8.55. The first-order valence-electron chi connectivity index (χ1n) is 6.04. The molecule has 0 aliphatic carbocycles. The van der Waals surface area contributed by atoms with Gasteiger partial charge in [0.1, 0.15) is 0 Å². The Morgan fingerprint density at radius 1 is 1.33 bits per heavy atom. The monoisotopic (exact) mass is 244 g/mol. The maximum absolute atomic E-state index is 11.1. The maximum atomic E-state index is 11.1. The van der Waals surface area contributed by atoms with Gasteiger partial charge in [0.05, 0.1) is 17.0 Å². The van der Waals surface area contributed by atoms with Crippen LogP contribution in [0.3, 0.4) is 0 Å². The van der Waals surface area contributed by atoms with E-state index in [0.29, 0.717) is 18.4 Å². The van der Waals surface area contributed by atoms with E-state index in [0.717, 1.165) is 18.8 Å². The predicted molar refractivity (Wildman–Crippen MR) is 68.3 cm³/mol. The predicted octanol–water partition coefficient (Wildman–Crippen LogP) is 2.25. The highest BCUT2D eigenvalue weighted by atomic mass is 16.4. The van der Waals surface area contributed by atoms with E-state index in [1.54, 1.807) is 12.1 Å². The number of hydrogen-bond donors (Lipinski definition) is 1. The minimum Gasteiger partial charge on any atom is -0.481 e. The second-order valence-corrected chi connectivity index (χ2v) is 5.01. The number of anilines is 1. The smallest absolute Gasteiger partial charge is 0.309 e. The normalized spacial score (nSPS) is 18.1. The molecule has 0 aromatic heterocycles. The molecule has 0 spiro atoms. The number of benzene rings is 1. The van der Waals surface area contributed by atoms with Crippen molar-refractivity contribution in [2.45, 2.75) is 19.8 Å². The van der Waals surface area contributed by atoms with E-state index in [1.165, 1.54) is 0 Å². The zero-order valence-electron chi connectivity index (χ0n) is 10.4. The zero-order chi connectivity index (χ0) is 13.2. The molecule has 0 radical (unpaired) electrons. The molecule has 94 valence electrons. The summed E-state index contributed by atoms with van der Waals surface area (Å²) in [6.07, 6.45) is 1.31. The quantitative estimate of drug-likeness (QED) is 0.866. The molecule has 4 nitrogen and oxygen atoms in total. The van der Waals surface area contributed by atoms with Crippen LogP contribution in [0.25, 0.3) is 0 Å². The van der Waals surface area contributed by atoms with E-state index >= 15 is 0 Å². The summed E-state index contributed by atoms with van der Waals surface area (Å²) in [7, 11) is 0. The number of aliphatic carboxylic acids is 1. The molecule has 1 fully saturated rings. The summed E-state index contributed by atoms with van der Waals surface area (Å²) in [5.41, 5.74) is 1.11. The van der Waals surface area contributed by atoms with Crippen molar-refractivity contribution in [1.82, 2.24) is 0 Å². The summed E-state index contributed by atoms with van der Waals surface area (Å²) < 4.78 is 0. The third kappa shape index (κ3) is 2.30. The molecular weight excluding hydrogens is 228 g/mol. The van der Waals surface area contributed by atoms with Gasteiger partial charge in [0.15, 0.2) is 0 Å². The molecular formula is C14H16N2O2. The lowest BCUT2D eigenvalue weighted by molar-refractivity contribution is -0.149. The van der Waals surface area contributed by atoms with Gasteiger partial charge >= 0.3 is 5.97 Å². The highest BCUT2D eigenvalue weighted by molar-refractivity contribution is 5.74. The second kappa shape index (κ2) is 4.69. The van der Waals surface area contributed by atoms with Crippen LogP contribution in [0.1, 0.15) is 25.3 Å². The van der Waals surface area contributed by atoms with Crippen LogP contribution in [0.5, 0.6) is 0 Å². The van der Waals surface area contributed by atoms with Gasteiger partial charge in [-0.2, -0.15) is 5.26 Å². The van der Waals surface area contributed by atoms with Crippen molar-refractivity contribution in [3.05, 3.63) is 29.8 Å². The molecule has 0 saturated carbocycles. The average molecular weight is 244 g/mol. The maximum Gasteiger partial charge on any atom is 0.309 e. The Labute approximate surface area is 106 Å². The third-order valence-electron chi connectivity index (χ3n) is 3.74. The number of rotatable bonds is 2. The zero-order valence-corrected chi connectivity index (χ0v) is 10.4. The van der Waals surface area contributed by atoms with Gasteiger partial charge in [0.25, 0.3) is 0 Å². The first-order valence-corrected chi connectivity index (χ1v) is 6.04. The number of carbonyl (C=O) groups is 1. The van der Waals surface area contributed by atoms with Crippen LogP contribution in [0.15, 0.2) is 24.3 Å². The number of nitriles is 1. The number of hydrogen-bond acceptors (Lipinski definition) is 3. The molecule has 1 aliphatic heterocycles.